The summed E-state index contributed by atoms with van der Waals surface area (Å²) in [4.78, 5) is 0. The molecule has 0 unspecified atom stereocenters. The van der Waals surface area contributed by atoms with E-state index in [0.717, 1.165) is 47.1 Å². The molecule has 0 saturated carbocycles. The van der Waals surface area contributed by atoms with Crippen LogP contribution in [0, 0.1) is 11.6 Å². The van der Waals surface area contributed by atoms with Crippen molar-refractivity contribution in [1.82, 2.24) is 0 Å². The zero-order valence-electron chi connectivity index (χ0n) is 16.3. The predicted molar refractivity (Wildman–Crippen MR) is 110 cm³/mol. The van der Waals surface area contributed by atoms with E-state index >= 15 is 0 Å². The summed E-state index contributed by atoms with van der Waals surface area (Å²) in [7, 11) is 0. The molecule has 4 rings (SSSR count). The van der Waals surface area contributed by atoms with Gasteiger partial charge in [-0.3, -0.25) is 0 Å². The van der Waals surface area contributed by atoms with E-state index < -0.39 is 11.6 Å². The summed E-state index contributed by atoms with van der Waals surface area (Å²) < 4.78 is 34.6. The molecule has 3 aromatic rings. The maximum absolute atomic E-state index is 14.8. The van der Waals surface area contributed by atoms with E-state index in [1.54, 1.807) is 6.07 Å². The van der Waals surface area contributed by atoms with E-state index in [4.69, 9.17) is 4.74 Å². The van der Waals surface area contributed by atoms with Crippen molar-refractivity contribution in [3.63, 3.8) is 0 Å². The highest BCUT2D eigenvalue weighted by atomic mass is 19.2. The summed E-state index contributed by atoms with van der Waals surface area (Å²) in [6.07, 6.45) is 3.54. The van der Waals surface area contributed by atoms with Crippen LogP contribution in [0.5, 0.6) is 5.75 Å². The van der Waals surface area contributed by atoms with Crippen molar-refractivity contribution in [2.24, 2.45) is 0 Å². The first-order valence-electron chi connectivity index (χ1n) is 9.98. The molecule has 1 nitrogen and oxygen atoms in total. The summed E-state index contributed by atoms with van der Waals surface area (Å²) in [5.74, 6) is -1.69. The minimum Gasteiger partial charge on any atom is -0.490 e. The molecule has 0 aromatic heterocycles. The average Bonchev–Trinajstić information content (AvgIpc) is 3.08. The third-order valence-corrected chi connectivity index (χ3v) is 5.30. The molecular formula is C25H24F2O. The molecule has 0 bridgehead atoms. The van der Waals surface area contributed by atoms with Gasteiger partial charge in [0.25, 0.3) is 0 Å². The first-order valence-corrected chi connectivity index (χ1v) is 9.98. The minimum atomic E-state index is -0.893. The molecule has 28 heavy (non-hydrogen) atoms. The highest BCUT2D eigenvalue weighted by Gasteiger charge is 2.27. The Morgan fingerprint density at radius 2 is 1.57 bits per heavy atom. The van der Waals surface area contributed by atoms with E-state index in [1.165, 1.54) is 5.56 Å². The molecule has 0 amide bonds. The smallest absolute Gasteiger partial charge is 0.201 e. The first-order chi connectivity index (χ1) is 13.6. The van der Waals surface area contributed by atoms with Gasteiger partial charge in [0.2, 0.25) is 5.82 Å². The fourth-order valence-electron chi connectivity index (χ4n) is 3.92. The van der Waals surface area contributed by atoms with Crippen LogP contribution in [-0.4, -0.2) is 6.61 Å². The van der Waals surface area contributed by atoms with Gasteiger partial charge in [-0.15, -0.1) is 0 Å². The van der Waals surface area contributed by atoms with Gasteiger partial charge >= 0.3 is 0 Å². The summed E-state index contributed by atoms with van der Waals surface area (Å²) >= 11 is 0. The quantitative estimate of drug-likeness (QED) is 0.353. The second-order valence-corrected chi connectivity index (χ2v) is 7.38. The molecule has 0 saturated heterocycles. The van der Waals surface area contributed by atoms with Gasteiger partial charge in [0.05, 0.1) is 6.61 Å². The molecule has 0 fully saturated rings. The molecular weight excluding hydrogens is 354 g/mol. The normalized spacial score (nSPS) is 12.0. The second-order valence-electron chi connectivity index (χ2n) is 7.38. The largest absolute Gasteiger partial charge is 0.490 e. The van der Waals surface area contributed by atoms with Gasteiger partial charge in [-0.2, -0.15) is 4.39 Å². The number of rotatable bonds is 6. The Labute approximate surface area is 165 Å². The highest BCUT2D eigenvalue weighted by molar-refractivity contribution is 5.81. The number of halogens is 2. The monoisotopic (exact) mass is 378 g/mol. The third-order valence-electron chi connectivity index (χ3n) is 5.30. The van der Waals surface area contributed by atoms with Crippen LogP contribution in [0.2, 0.25) is 0 Å². The number of hydrogen-bond acceptors (Lipinski definition) is 1. The standard InChI is InChI=1S/C25H24F2O/c1-3-5-16-6-8-17(9-7-16)18-10-11-21-19(13-18)14-20-15-22(28-12-4-2)24(26)25(27)23(20)21/h6-11,13,15H,3-5,12,14H2,1-2H3. The maximum Gasteiger partial charge on any atom is 0.201 e. The van der Waals surface area contributed by atoms with E-state index in [-0.39, 0.29) is 5.75 Å². The molecule has 0 spiro atoms. The first kappa shape index (κ1) is 18.7. The average molecular weight is 378 g/mol. The fourth-order valence-corrected chi connectivity index (χ4v) is 3.92. The lowest BCUT2D eigenvalue weighted by Gasteiger charge is -2.10. The van der Waals surface area contributed by atoms with Crippen LogP contribution in [0.3, 0.4) is 0 Å². The van der Waals surface area contributed by atoms with Gasteiger partial charge in [-0.25, -0.2) is 4.39 Å². The Morgan fingerprint density at radius 3 is 2.29 bits per heavy atom. The molecule has 144 valence electrons. The van der Waals surface area contributed by atoms with Crippen molar-refractivity contribution in [1.29, 1.82) is 0 Å². The minimum absolute atomic E-state index is 0.0117. The van der Waals surface area contributed by atoms with Crippen LogP contribution < -0.4 is 4.74 Å². The molecule has 1 aliphatic carbocycles. The van der Waals surface area contributed by atoms with E-state index in [9.17, 15) is 8.78 Å². The highest BCUT2D eigenvalue weighted by Crippen LogP contribution is 2.43. The Balaban J connectivity index is 1.68. The number of aryl methyl sites for hydroxylation is 1. The van der Waals surface area contributed by atoms with Crippen molar-refractivity contribution in [2.45, 2.75) is 39.5 Å². The van der Waals surface area contributed by atoms with Gasteiger partial charge in [-0.05, 0) is 58.7 Å². The van der Waals surface area contributed by atoms with Gasteiger partial charge in [0, 0.05) is 5.56 Å². The Morgan fingerprint density at radius 1 is 0.821 bits per heavy atom. The van der Waals surface area contributed by atoms with E-state index in [1.807, 2.05) is 19.1 Å². The molecule has 0 atom stereocenters. The van der Waals surface area contributed by atoms with Crippen LogP contribution >= 0.6 is 0 Å². The molecule has 0 aliphatic heterocycles. The zero-order chi connectivity index (χ0) is 19.7. The SMILES string of the molecule is CCCOc1cc2c(c(F)c1F)-c1ccc(-c3ccc(CCC)cc3)cc1C2. The van der Waals surface area contributed by atoms with Crippen molar-refractivity contribution >= 4 is 0 Å². The van der Waals surface area contributed by atoms with Gasteiger partial charge in [0.1, 0.15) is 0 Å². The number of ether oxygens (including phenoxy) is 1. The van der Waals surface area contributed by atoms with Gasteiger partial charge < -0.3 is 4.74 Å². The molecule has 0 radical (unpaired) electrons. The van der Waals surface area contributed by atoms with E-state index in [2.05, 4.69) is 37.3 Å². The van der Waals surface area contributed by atoms with Gasteiger partial charge in [-0.1, -0.05) is 62.7 Å². The Bertz CT molecular complexity index is 1010. The van der Waals surface area contributed by atoms with Crippen molar-refractivity contribution in [3.05, 3.63) is 76.9 Å². The van der Waals surface area contributed by atoms with Crippen LogP contribution in [0.15, 0.2) is 48.5 Å². The van der Waals surface area contributed by atoms with Crippen LogP contribution in [0.1, 0.15) is 43.4 Å². The summed E-state index contributed by atoms with van der Waals surface area (Å²) in [5.41, 5.74) is 6.53. The number of benzene rings is 3. The lowest BCUT2D eigenvalue weighted by Crippen LogP contribution is -2.01. The molecule has 3 aromatic carbocycles. The van der Waals surface area contributed by atoms with Crippen LogP contribution in [0.25, 0.3) is 22.3 Å². The molecule has 3 heteroatoms. The lowest BCUT2D eigenvalue weighted by molar-refractivity contribution is 0.295. The lowest BCUT2D eigenvalue weighted by atomic mass is 9.97. The summed E-state index contributed by atoms with van der Waals surface area (Å²) in [6.45, 7) is 4.49. The van der Waals surface area contributed by atoms with Crippen molar-refractivity contribution in [3.8, 4) is 28.0 Å². The van der Waals surface area contributed by atoms with Crippen LogP contribution in [-0.2, 0) is 12.8 Å². The van der Waals surface area contributed by atoms with Gasteiger partial charge in [0.15, 0.2) is 11.6 Å². The zero-order valence-corrected chi connectivity index (χ0v) is 16.3. The number of hydrogen-bond donors (Lipinski definition) is 0. The Hall–Kier alpha value is -2.68. The molecule has 1 aliphatic rings. The fraction of sp³-hybridized carbons (Fsp3) is 0.280. The summed E-state index contributed by atoms with van der Waals surface area (Å²) in [5, 5.41) is 0. The second kappa shape index (κ2) is 7.75. The van der Waals surface area contributed by atoms with Crippen molar-refractivity contribution < 1.29 is 13.5 Å². The van der Waals surface area contributed by atoms with Crippen molar-refractivity contribution in [2.75, 3.05) is 6.61 Å². The number of fused-ring (bicyclic) bond motifs is 3. The predicted octanol–water partition coefficient (Wildman–Crippen LogP) is 6.94. The Kier molecular flexibility index (Phi) is 5.17. The molecule has 0 N–H and O–H groups in total. The molecule has 0 heterocycles. The van der Waals surface area contributed by atoms with Crippen LogP contribution in [0.4, 0.5) is 8.78 Å². The third kappa shape index (κ3) is 3.30. The summed E-state index contributed by atoms with van der Waals surface area (Å²) in [6, 6.07) is 16.2. The topological polar surface area (TPSA) is 9.23 Å². The maximum atomic E-state index is 14.8. The van der Waals surface area contributed by atoms with E-state index in [0.29, 0.717) is 18.6 Å².